The number of ether oxygens (including phenoxy) is 1. The maximum Gasteiger partial charge on any atom is 0.347 e. The van der Waals surface area contributed by atoms with E-state index in [1.54, 1.807) is 18.3 Å². The molecule has 98 valence electrons. The van der Waals surface area contributed by atoms with Crippen LogP contribution < -0.4 is 10.4 Å². The molecule has 0 aliphatic heterocycles. The first kappa shape index (κ1) is 12.7. The summed E-state index contributed by atoms with van der Waals surface area (Å²) < 4.78 is 6.37. The second kappa shape index (κ2) is 5.30. The van der Waals surface area contributed by atoms with Crippen molar-refractivity contribution in [1.29, 1.82) is 0 Å². The molecule has 1 aromatic heterocycles. The van der Waals surface area contributed by atoms with Gasteiger partial charge in [0.1, 0.15) is 5.75 Å². The molecule has 0 unspecified atom stereocenters. The summed E-state index contributed by atoms with van der Waals surface area (Å²) in [5.41, 5.74) is 0.111. The Balaban J connectivity index is 2.40. The van der Waals surface area contributed by atoms with E-state index in [4.69, 9.17) is 4.74 Å². The topological polar surface area (TPSA) is 87.3 Å². The van der Waals surface area contributed by atoms with Gasteiger partial charge in [0.05, 0.1) is 24.6 Å². The van der Waals surface area contributed by atoms with E-state index in [1.165, 1.54) is 30.0 Å². The SMILES string of the molecule is COc1cc(Cn2cccnc2=O)cc([N+](=O)[O-])c1. The van der Waals surface area contributed by atoms with Crippen LogP contribution in [-0.2, 0) is 6.54 Å². The van der Waals surface area contributed by atoms with Crippen LogP contribution in [0.3, 0.4) is 0 Å². The zero-order valence-electron chi connectivity index (χ0n) is 10.1. The van der Waals surface area contributed by atoms with Gasteiger partial charge in [0, 0.05) is 18.5 Å². The molecule has 0 saturated heterocycles. The van der Waals surface area contributed by atoms with Gasteiger partial charge in [0.25, 0.3) is 5.69 Å². The molecule has 7 nitrogen and oxygen atoms in total. The van der Waals surface area contributed by atoms with Crippen LogP contribution in [0.4, 0.5) is 5.69 Å². The van der Waals surface area contributed by atoms with Crippen LogP contribution in [0.25, 0.3) is 0 Å². The number of non-ortho nitro benzene ring substituents is 1. The summed E-state index contributed by atoms with van der Waals surface area (Å²) in [7, 11) is 1.43. The Bertz CT molecular complexity index is 666. The molecule has 0 spiro atoms. The third-order valence-electron chi connectivity index (χ3n) is 2.53. The zero-order chi connectivity index (χ0) is 13.8. The molecule has 0 bridgehead atoms. The van der Waals surface area contributed by atoms with Gasteiger partial charge in [-0.3, -0.25) is 14.7 Å². The Morgan fingerprint density at radius 3 is 2.84 bits per heavy atom. The number of hydrogen-bond acceptors (Lipinski definition) is 5. The van der Waals surface area contributed by atoms with Crippen LogP contribution in [-0.4, -0.2) is 21.6 Å². The predicted octanol–water partition coefficient (Wildman–Crippen LogP) is 1.21. The van der Waals surface area contributed by atoms with Crippen molar-refractivity contribution in [3.63, 3.8) is 0 Å². The van der Waals surface area contributed by atoms with Gasteiger partial charge >= 0.3 is 5.69 Å². The molecule has 0 saturated carbocycles. The number of nitrogens with zero attached hydrogens (tertiary/aromatic N) is 3. The van der Waals surface area contributed by atoms with Crippen molar-refractivity contribution in [3.05, 3.63) is 62.8 Å². The van der Waals surface area contributed by atoms with Crippen LogP contribution in [0.5, 0.6) is 5.75 Å². The molecular formula is C12H11N3O4. The normalized spacial score (nSPS) is 10.2. The summed E-state index contributed by atoms with van der Waals surface area (Å²) in [6.07, 6.45) is 2.97. The molecule has 1 aromatic carbocycles. The van der Waals surface area contributed by atoms with E-state index in [0.29, 0.717) is 11.3 Å². The molecule has 0 fully saturated rings. The summed E-state index contributed by atoms with van der Waals surface area (Å²) in [6.45, 7) is 0.199. The molecule has 2 aromatic rings. The Labute approximate surface area is 108 Å². The Kier molecular flexibility index (Phi) is 3.56. The summed E-state index contributed by atoms with van der Waals surface area (Å²) in [5.74, 6) is 0.376. The Hall–Kier alpha value is -2.70. The number of nitro groups is 1. The first-order chi connectivity index (χ1) is 9.10. The lowest BCUT2D eigenvalue weighted by molar-refractivity contribution is -0.385. The van der Waals surface area contributed by atoms with Crippen molar-refractivity contribution in [2.24, 2.45) is 0 Å². The average molecular weight is 261 g/mol. The smallest absolute Gasteiger partial charge is 0.347 e. The van der Waals surface area contributed by atoms with Gasteiger partial charge in [-0.15, -0.1) is 0 Å². The summed E-state index contributed by atoms with van der Waals surface area (Å²) in [5, 5.41) is 10.8. The van der Waals surface area contributed by atoms with E-state index in [2.05, 4.69) is 4.98 Å². The lowest BCUT2D eigenvalue weighted by Gasteiger charge is -2.06. The van der Waals surface area contributed by atoms with Crippen molar-refractivity contribution in [3.8, 4) is 5.75 Å². The highest BCUT2D eigenvalue weighted by Crippen LogP contribution is 2.22. The van der Waals surface area contributed by atoms with Crippen molar-refractivity contribution in [2.75, 3.05) is 7.11 Å². The van der Waals surface area contributed by atoms with Gasteiger partial charge in [-0.05, 0) is 17.7 Å². The fourth-order valence-corrected chi connectivity index (χ4v) is 1.66. The Morgan fingerprint density at radius 1 is 1.42 bits per heavy atom. The fourth-order valence-electron chi connectivity index (χ4n) is 1.66. The van der Waals surface area contributed by atoms with Crippen LogP contribution >= 0.6 is 0 Å². The van der Waals surface area contributed by atoms with E-state index in [9.17, 15) is 14.9 Å². The molecule has 1 heterocycles. The van der Waals surface area contributed by atoms with Gasteiger partial charge in [-0.2, -0.15) is 0 Å². The average Bonchev–Trinajstić information content (AvgIpc) is 2.41. The first-order valence-electron chi connectivity index (χ1n) is 5.44. The lowest BCUT2D eigenvalue weighted by Crippen LogP contribution is -2.21. The largest absolute Gasteiger partial charge is 0.496 e. The third-order valence-corrected chi connectivity index (χ3v) is 2.53. The van der Waals surface area contributed by atoms with E-state index in [-0.39, 0.29) is 12.2 Å². The monoisotopic (exact) mass is 261 g/mol. The number of aromatic nitrogens is 2. The van der Waals surface area contributed by atoms with Crippen molar-refractivity contribution < 1.29 is 9.66 Å². The molecule has 0 atom stereocenters. The quantitative estimate of drug-likeness (QED) is 0.609. The molecule has 0 radical (unpaired) electrons. The highest BCUT2D eigenvalue weighted by molar-refractivity contribution is 5.42. The second-order valence-corrected chi connectivity index (χ2v) is 3.83. The van der Waals surface area contributed by atoms with Crippen LogP contribution in [0.15, 0.2) is 41.5 Å². The first-order valence-corrected chi connectivity index (χ1v) is 5.44. The van der Waals surface area contributed by atoms with E-state index < -0.39 is 10.6 Å². The third kappa shape index (κ3) is 2.95. The number of nitro benzene ring substituents is 1. The number of rotatable bonds is 4. The summed E-state index contributed by atoms with van der Waals surface area (Å²) in [4.78, 5) is 25.4. The van der Waals surface area contributed by atoms with Gasteiger partial charge in [-0.1, -0.05) is 0 Å². The second-order valence-electron chi connectivity index (χ2n) is 3.83. The Morgan fingerprint density at radius 2 is 2.21 bits per heavy atom. The van der Waals surface area contributed by atoms with Gasteiger partial charge in [0.15, 0.2) is 0 Å². The minimum absolute atomic E-state index is 0.0775. The molecule has 7 heteroatoms. The van der Waals surface area contributed by atoms with Crippen LogP contribution in [0.1, 0.15) is 5.56 Å². The van der Waals surface area contributed by atoms with Crippen LogP contribution in [0, 0.1) is 10.1 Å². The van der Waals surface area contributed by atoms with Crippen molar-refractivity contribution >= 4 is 5.69 Å². The van der Waals surface area contributed by atoms with Gasteiger partial charge < -0.3 is 4.74 Å². The minimum atomic E-state index is -0.502. The molecule has 19 heavy (non-hydrogen) atoms. The molecule has 0 aliphatic carbocycles. The predicted molar refractivity (Wildman–Crippen MR) is 67.2 cm³/mol. The summed E-state index contributed by atoms with van der Waals surface area (Å²) >= 11 is 0. The van der Waals surface area contributed by atoms with Gasteiger partial charge in [0.2, 0.25) is 0 Å². The molecule has 0 N–H and O–H groups in total. The van der Waals surface area contributed by atoms with E-state index in [0.717, 1.165) is 0 Å². The van der Waals surface area contributed by atoms with Crippen LogP contribution in [0.2, 0.25) is 0 Å². The summed E-state index contributed by atoms with van der Waals surface area (Å²) in [6, 6.07) is 6.00. The fraction of sp³-hybridized carbons (Fsp3) is 0.167. The molecule has 0 amide bonds. The highest BCUT2D eigenvalue weighted by atomic mass is 16.6. The molecule has 2 rings (SSSR count). The van der Waals surface area contributed by atoms with Crippen molar-refractivity contribution in [2.45, 2.75) is 6.54 Å². The number of hydrogen-bond donors (Lipinski definition) is 0. The molecular weight excluding hydrogens is 250 g/mol. The highest BCUT2D eigenvalue weighted by Gasteiger charge is 2.10. The standard InChI is InChI=1S/C12H11N3O4/c1-19-11-6-9(5-10(7-11)15(17)18)8-14-4-2-3-13-12(14)16/h2-7H,8H2,1H3. The maximum atomic E-state index is 11.5. The minimum Gasteiger partial charge on any atom is -0.496 e. The number of methoxy groups -OCH3 is 1. The molecule has 0 aliphatic rings. The van der Waals surface area contributed by atoms with E-state index in [1.807, 2.05) is 0 Å². The lowest BCUT2D eigenvalue weighted by atomic mass is 10.2. The zero-order valence-corrected chi connectivity index (χ0v) is 10.1. The number of benzene rings is 1. The van der Waals surface area contributed by atoms with E-state index >= 15 is 0 Å². The maximum absolute atomic E-state index is 11.5. The van der Waals surface area contributed by atoms with Crippen molar-refractivity contribution in [1.82, 2.24) is 9.55 Å². The van der Waals surface area contributed by atoms with Gasteiger partial charge in [-0.25, -0.2) is 9.78 Å².